The van der Waals surface area contributed by atoms with Gasteiger partial charge in [-0.05, 0) is 37.5 Å². The van der Waals surface area contributed by atoms with Gasteiger partial charge in [-0.3, -0.25) is 4.90 Å². The monoisotopic (exact) mass is 505 g/mol. The highest BCUT2D eigenvalue weighted by Gasteiger charge is 2.34. The number of pyridine rings is 1. The van der Waals surface area contributed by atoms with Crippen molar-refractivity contribution in [3.63, 3.8) is 0 Å². The molecule has 8 heteroatoms. The number of nitriles is 1. The largest absolute Gasteiger partial charge is 0.383 e. The van der Waals surface area contributed by atoms with E-state index in [-0.39, 0.29) is 5.60 Å². The molecule has 5 rings (SSSR count). The van der Waals surface area contributed by atoms with Crippen molar-refractivity contribution in [3.05, 3.63) is 52.7 Å². The predicted octanol–water partition coefficient (Wildman–Crippen LogP) is 4.39. The molecule has 1 aromatic carbocycles. The van der Waals surface area contributed by atoms with Crippen LogP contribution in [0.4, 0.5) is 5.82 Å². The molecular formula is C28H35N5O2S. The van der Waals surface area contributed by atoms with Crippen molar-refractivity contribution in [1.29, 1.82) is 5.26 Å². The fraction of sp³-hybridized carbons (Fsp3) is 0.500. The van der Waals surface area contributed by atoms with E-state index in [1.54, 1.807) is 18.9 Å². The second kappa shape index (κ2) is 10.8. The van der Waals surface area contributed by atoms with E-state index in [9.17, 15) is 5.26 Å². The number of ether oxygens (including phenoxy) is 2. The number of piperazine rings is 1. The SMILES string of the molecule is COCCN1CCN(c2nc(SCCc3c[nH]c4ccccc34)c(C#N)c3c2COC(C)(C)C3)CC1. The van der Waals surface area contributed by atoms with Crippen molar-refractivity contribution in [3.8, 4) is 6.07 Å². The van der Waals surface area contributed by atoms with Crippen LogP contribution < -0.4 is 4.90 Å². The number of methoxy groups -OCH3 is 1. The number of H-pyrrole nitrogens is 1. The van der Waals surface area contributed by atoms with Gasteiger partial charge in [-0.2, -0.15) is 5.26 Å². The van der Waals surface area contributed by atoms with Crippen LogP contribution in [0.3, 0.4) is 0 Å². The molecule has 2 aromatic heterocycles. The summed E-state index contributed by atoms with van der Waals surface area (Å²) in [6.45, 7) is 10.2. The van der Waals surface area contributed by atoms with E-state index in [0.717, 1.165) is 91.0 Å². The summed E-state index contributed by atoms with van der Waals surface area (Å²) in [4.78, 5) is 13.3. The molecular weight excluding hydrogens is 470 g/mol. The number of aryl methyl sites for hydroxylation is 1. The average molecular weight is 506 g/mol. The molecule has 1 fully saturated rings. The Hall–Kier alpha value is -2.57. The first-order valence-corrected chi connectivity index (χ1v) is 13.7. The molecule has 0 aliphatic carbocycles. The van der Waals surface area contributed by atoms with Crippen molar-refractivity contribution in [1.82, 2.24) is 14.9 Å². The van der Waals surface area contributed by atoms with Gasteiger partial charge in [-0.25, -0.2) is 4.98 Å². The Morgan fingerprint density at radius 2 is 2.00 bits per heavy atom. The lowest BCUT2D eigenvalue weighted by Gasteiger charge is -2.39. The van der Waals surface area contributed by atoms with Gasteiger partial charge in [-0.15, -0.1) is 11.8 Å². The Kier molecular flexibility index (Phi) is 7.54. The summed E-state index contributed by atoms with van der Waals surface area (Å²) in [5, 5.41) is 12.3. The van der Waals surface area contributed by atoms with E-state index in [0.29, 0.717) is 6.61 Å². The van der Waals surface area contributed by atoms with Crippen molar-refractivity contribution in [2.75, 3.05) is 57.1 Å². The minimum absolute atomic E-state index is 0.290. The summed E-state index contributed by atoms with van der Waals surface area (Å²) in [5.74, 6) is 1.87. The summed E-state index contributed by atoms with van der Waals surface area (Å²) in [6.07, 6.45) is 3.75. The van der Waals surface area contributed by atoms with Crippen LogP contribution >= 0.6 is 11.8 Å². The van der Waals surface area contributed by atoms with Gasteiger partial charge in [0.1, 0.15) is 16.9 Å². The zero-order valence-electron chi connectivity index (χ0n) is 21.5. The van der Waals surface area contributed by atoms with Gasteiger partial charge in [0, 0.05) is 74.7 Å². The summed E-state index contributed by atoms with van der Waals surface area (Å²) in [5.41, 5.74) is 5.12. The Bertz CT molecular complexity index is 1260. The van der Waals surface area contributed by atoms with Crippen LogP contribution in [0.2, 0.25) is 0 Å². The molecule has 0 unspecified atom stereocenters. The molecule has 2 aliphatic rings. The molecule has 0 spiro atoms. The molecule has 0 amide bonds. The molecule has 1 saturated heterocycles. The summed E-state index contributed by atoms with van der Waals surface area (Å²) in [7, 11) is 1.75. The second-order valence-corrected chi connectivity index (χ2v) is 11.3. The molecule has 7 nitrogen and oxygen atoms in total. The number of hydrogen-bond donors (Lipinski definition) is 1. The zero-order chi connectivity index (χ0) is 25.1. The Balaban J connectivity index is 1.40. The van der Waals surface area contributed by atoms with E-state index in [2.05, 4.69) is 65.2 Å². The summed E-state index contributed by atoms with van der Waals surface area (Å²) >= 11 is 1.70. The normalized spacial score (nSPS) is 17.8. The molecule has 190 valence electrons. The summed E-state index contributed by atoms with van der Waals surface area (Å²) < 4.78 is 11.5. The van der Waals surface area contributed by atoms with Crippen LogP contribution in [-0.2, 0) is 28.9 Å². The topological polar surface area (TPSA) is 77.4 Å². The molecule has 0 bridgehead atoms. The van der Waals surface area contributed by atoms with Crippen LogP contribution in [0, 0.1) is 11.3 Å². The third-order valence-corrected chi connectivity index (χ3v) is 8.22. The molecule has 1 N–H and O–H groups in total. The van der Waals surface area contributed by atoms with Gasteiger partial charge in [0.2, 0.25) is 0 Å². The van der Waals surface area contributed by atoms with Gasteiger partial charge < -0.3 is 19.4 Å². The van der Waals surface area contributed by atoms with Gasteiger partial charge >= 0.3 is 0 Å². The first-order valence-electron chi connectivity index (χ1n) is 12.7. The number of anilines is 1. The molecule has 0 saturated carbocycles. The van der Waals surface area contributed by atoms with Crippen LogP contribution in [0.1, 0.15) is 36.1 Å². The van der Waals surface area contributed by atoms with Crippen molar-refractivity contribution < 1.29 is 9.47 Å². The van der Waals surface area contributed by atoms with E-state index < -0.39 is 0 Å². The maximum absolute atomic E-state index is 10.2. The third-order valence-electron chi connectivity index (χ3n) is 7.25. The number of nitrogens with one attached hydrogen (secondary N) is 1. The molecule has 36 heavy (non-hydrogen) atoms. The minimum atomic E-state index is -0.290. The van der Waals surface area contributed by atoms with E-state index in [1.165, 1.54) is 10.9 Å². The predicted molar refractivity (Wildman–Crippen MR) is 145 cm³/mol. The number of thioether (sulfide) groups is 1. The number of hydrogen-bond acceptors (Lipinski definition) is 7. The Morgan fingerprint density at radius 3 is 2.78 bits per heavy atom. The number of benzene rings is 1. The number of aromatic nitrogens is 2. The van der Waals surface area contributed by atoms with Gasteiger partial charge in [0.25, 0.3) is 0 Å². The van der Waals surface area contributed by atoms with Crippen LogP contribution in [0.25, 0.3) is 10.9 Å². The number of nitrogens with zero attached hydrogens (tertiary/aromatic N) is 4. The molecule has 0 atom stereocenters. The lowest BCUT2D eigenvalue weighted by atomic mass is 9.89. The third kappa shape index (κ3) is 5.25. The summed E-state index contributed by atoms with van der Waals surface area (Å²) in [6, 6.07) is 10.9. The first-order chi connectivity index (χ1) is 17.5. The van der Waals surface area contributed by atoms with E-state index in [1.807, 2.05) is 0 Å². The van der Waals surface area contributed by atoms with Crippen LogP contribution in [0.15, 0.2) is 35.5 Å². The number of aromatic amines is 1. The smallest absolute Gasteiger partial charge is 0.135 e. The molecule has 0 radical (unpaired) electrons. The number of rotatable bonds is 8. The van der Waals surface area contributed by atoms with Crippen molar-refractivity contribution >= 4 is 28.5 Å². The highest BCUT2D eigenvalue weighted by Crippen LogP contribution is 2.39. The fourth-order valence-electron chi connectivity index (χ4n) is 5.21. The average Bonchev–Trinajstić information content (AvgIpc) is 3.30. The highest BCUT2D eigenvalue weighted by atomic mass is 32.2. The van der Waals surface area contributed by atoms with Gasteiger partial charge in [0.15, 0.2) is 0 Å². The minimum Gasteiger partial charge on any atom is -0.383 e. The highest BCUT2D eigenvalue weighted by molar-refractivity contribution is 7.99. The van der Waals surface area contributed by atoms with Gasteiger partial charge in [0.05, 0.1) is 24.4 Å². The van der Waals surface area contributed by atoms with Crippen LogP contribution in [0.5, 0.6) is 0 Å². The number of para-hydroxylation sites is 1. The molecule has 4 heterocycles. The lowest BCUT2D eigenvalue weighted by Crippen LogP contribution is -2.48. The van der Waals surface area contributed by atoms with E-state index >= 15 is 0 Å². The Labute approximate surface area is 217 Å². The second-order valence-electron chi connectivity index (χ2n) is 10.2. The van der Waals surface area contributed by atoms with E-state index in [4.69, 9.17) is 14.5 Å². The first kappa shape index (κ1) is 25.1. The standard InChI is InChI=1S/C28H35N5O2S/c1-28(2)16-22-23(17-29)27(36-15-8-20-18-30-25-7-5-4-6-21(20)25)31-26(24(22)19-35-28)33-11-9-32(10-12-33)13-14-34-3/h4-7,18,30H,8-16,19H2,1-3H3. The van der Waals surface area contributed by atoms with Gasteiger partial charge in [-0.1, -0.05) is 18.2 Å². The maximum Gasteiger partial charge on any atom is 0.135 e. The van der Waals surface area contributed by atoms with Crippen molar-refractivity contribution in [2.45, 2.75) is 43.9 Å². The quantitative estimate of drug-likeness (QED) is 0.455. The lowest BCUT2D eigenvalue weighted by molar-refractivity contribution is -0.0402. The fourth-order valence-corrected chi connectivity index (χ4v) is 6.19. The molecule has 2 aliphatic heterocycles. The Morgan fingerprint density at radius 1 is 1.19 bits per heavy atom. The maximum atomic E-state index is 10.2. The zero-order valence-corrected chi connectivity index (χ0v) is 22.3. The molecule has 3 aromatic rings. The number of fused-ring (bicyclic) bond motifs is 2. The van der Waals surface area contributed by atoms with Crippen molar-refractivity contribution in [2.24, 2.45) is 0 Å². The van der Waals surface area contributed by atoms with Crippen LogP contribution in [-0.4, -0.2) is 72.7 Å².